The van der Waals surface area contributed by atoms with Gasteiger partial charge in [0, 0.05) is 51.9 Å². The van der Waals surface area contributed by atoms with Crippen molar-refractivity contribution >= 4 is 11.4 Å². The molecule has 0 amide bonds. The van der Waals surface area contributed by atoms with Crippen LogP contribution in [0.15, 0.2) is 39.9 Å². The Morgan fingerprint density at radius 3 is 2.51 bits per heavy atom. The van der Waals surface area contributed by atoms with Crippen molar-refractivity contribution in [1.82, 2.24) is 5.32 Å². The summed E-state index contributed by atoms with van der Waals surface area (Å²) >= 11 is 0. The average Bonchev–Trinajstić information content (AvgIpc) is 3.01. The van der Waals surface area contributed by atoms with E-state index in [4.69, 9.17) is 9.47 Å². The van der Waals surface area contributed by atoms with Gasteiger partial charge in [0.05, 0.1) is 6.10 Å². The molecule has 0 bridgehead atoms. The lowest BCUT2D eigenvalue weighted by Crippen LogP contribution is -2.49. The van der Waals surface area contributed by atoms with Crippen LogP contribution < -0.4 is 26.4 Å². The first kappa shape index (κ1) is 31.7. The Labute approximate surface area is 247 Å². The molecule has 0 aromatic heterocycles. The maximum atomic E-state index is 13.0. The van der Waals surface area contributed by atoms with Gasteiger partial charge in [-0.05, 0) is 50.1 Å². The summed E-state index contributed by atoms with van der Waals surface area (Å²) in [6.07, 6.45) is 13.9. The van der Waals surface area contributed by atoms with Crippen LogP contribution in [-0.2, 0) is 9.47 Å². The van der Waals surface area contributed by atoms with Gasteiger partial charge >= 0.3 is 0 Å². The second kappa shape index (κ2) is 17.0. The summed E-state index contributed by atoms with van der Waals surface area (Å²) in [4.78, 5) is 28.1. The Kier molecular flexibility index (Phi) is 13.2. The summed E-state index contributed by atoms with van der Waals surface area (Å²) in [5, 5.41) is 7.24. The van der Waals surface area contributed by atoms with Crippen LogP contribution in [0.25, 0.3) is 0 Å². The van der Waals surface area contributed by atoms with E-state index in [0.29, 0.717) is 37.1 Å². The summed E-state index contributed by atoms with van der Waals surface area (Å²) in [7, 11) is 1.71. The number of ether oxygens (including phenoxy) is 2. The summed E-state index contributed by atoms with van der Waals surface area (Å²) in [6, 6.07) is 10.6. The predicted octanol–water partition coefficient (Wildman–Crippen LogP) is 5.82. The predicted molar refractivity (Wildman–Crippen MR) is 169 cm³/mol. The Morgan fingerprint density at radius 1 is 0.951 bits per heavy atom. The molecule has 7 heteroatoms. The highest BCUT2D eigenvalue weighted by molar-refractivity contribution is 5.75. The Morgan fingerprint density at radius 2 is 1.76 bits per heavy atom. The molecule has 2 fully saturated rings. The number of anilines is 2. The monoisotopic (exact) mass is 567 g/mol. The van der Waals surface area contributed by atoms with Gasteiger partial charge < -0.3 is 25.0 Å². The Balaban J connectivity index is 1.46. The van der Waals surface area contributed by atoms with Crippen LogP contribution in [0, 0.1) is 11.8 Å². The van der Waals surface area contributed by atoms with E-state index in [9.17, 15) is 9.59 Å². The summed E-state index contributed by atoms with van der Waals surface area (Å²) in [5.74, 6) is 0.930. The normalized spacial score (nSPS) is 19.9. The zero-order valence-electron chi connectivity index (χ0n) is 25.5. The van der Waals surface area contributed by atoms with Gasteiger partial charge in [0.1, 0.15) is 11.4 Å². The van der Waals surface area contributed by atoms with Crippen LogP contribution in [0.3, 0.4) is 0 Å². The first-order valence-corrected chi connectivity index (χ1v) is 16.3. The van der Waals surface area contributed by atoms with Crippen molar-refractivity contribution in [2.24, 2.45) is 11.8 Å². The minimum atomic E-state index is -0.350. The fraction of sp³-hybridized carbons (Fsp3) is 0.706. The van der Waals surface area contributed by atoms with Gasteiger partial charge in [0.2, 0.25) is 0 Å². The van der Waals surface area contributed by atoms with Gasteiger partial charge in [-0.1, -0.05) is 82.2 Å². The zero-order valence-corrected chi connectivity index (χ0v) is 25.5. The zero-order chi connectivity index (χ0) is 28.9. The Hall–Kier alpha value is -2.22. The lowest BCUT2D eigenvalue weighted by Gasteiger charge is -2.39. The largest absolute Gasteiger partial charge is 0.385 e. The average molecular weight is 568 g/mol. The first-order valence-electron chi connectivity index (χ1n) is 16.3. The standard InChI is InChI=1S/C34H53N3O4/c1-3-4-11-19-35-24-29(23-26-14-7-5-8-15-26)36-30-31(33(39)32(30)38)37-20-12-18-28(25-37)34(41-22-13-21-40-2)27-16-9-6-10-17-27/h6,9-10,16-17,26,28-29,34-36H,3-5,7-8,11-15,18-25H2,1-2H3/t28-,29+,34?/m1/s1. The number of benzene rings is 1. The van der Waals surface area contributed by atoms with Crippen molar-refractivity contribution in [1.29, 1.82) is 0 Å². The van der Waals surface area contributed by atoms with Gasteiger partial charge in [-0.15, -0.1) is 0 Å². The van der Waals surface area contributed by atoms with Crippen molar-refractivity contribution in [2.75, 3.05) is 56.7 Å². The number of hydrogen-bond acceptors (Lipinski definition) is 7. The van der Waals surface area contributed by atoms with Gasteiger partial charge in [0.15, 0.2) is 0 Å². The van der Waals surface area contributed by atoms with E-state index < -0.39 is 0 Å². The molecule has 2 aromatic rings. The first-order chi connectivity index (χ1) is 20.1. The molecule has 0 radical (unpaired) electrons. The maximum absolute atomic E-state index is 13.0. The molecule has 2 aliphatic rings. The molecule has 7 nitrogen and oxygen atoms in total. The van der Waals surface area contributed by atoms with E-state index >= 15 is 0 Å². The SMILES string of the molecule is CCCCCNC[C@H](CC1CCCCC1)Nc1c(N2CCC[C@@H](C(OCCCOC)c3ccccc3)C2)c(=O)c1=O. The molecule has 1 aliphatic carbocycles. The van der Waals surface area contributed by atoms with Crippen molar-refractivity contribution in [3.05, 3.63) is 56.3 Å². The molecule has 1 saturated carbocycles. The van der Waals surface area contributed by atoms with Crippen molar-refractivity contribution in [3.8, 4) is 0 Å². The van der Waals surface area contributed by atoms with Crippen LogP contribution >= 0.6 is 0 Å². The topological polar surface area (TPSA) is 79.9 Å². The van der Waals surface area contributed by atoms with E-state index in [1.807, 2.05) is 6.07 Å². The molecule has 1 unspecified atom stereocenters. The van der Waals surface area contributed by atoms with Crippen LogP contribution in [0.2, 0.25) is 0 Å². The van der Waals surface area contributed by atoms with E-state index in [-0.39, 0.29) is 28.9 Å². The second-order valence-electron chi connectivity index (χ2n) is 12.3. The molecule has 41 heavy (non-hydrogen) atoms. The minimum Gasteiger partial charge on any atom is -0.385 e. The van der Waals surface area contributed by atoms with Crippen LogP contribution in [0.5, 0.6) is 0 Å². The lowest BCUT2D eigenvalue weighted by molar-refractivity contribution is -0.00235. The molecule has 2 aromatic carbocycles. The molecule has 0 spiro atoms. The van der Waals surface area contributed by atoms with Crippen LogP contribution in [0.4, 0.5) is 11.4 Å². The van der Waals surface area contributed by atoms with Gasteiger partial charge in [-0.25, -0.2) is 0 Å². The highest BCUT2D eigenvalue weighted by atomic mass is 16.5. The van der Waals surface area contributed by atoms with E-state index in [2.05, 4.69) is 46.7 Å². The number of unbranched alkanes of at least 4 members (excludes halogenated alkanes) is 2. The number of nitrogens with zero attached hydrogens (tertiary/aromatic N) is 1. The van der Waals surface area contributed by atoms with Crippen LogP contribution in [-0.4, -0.2) is 52.5 Å². The fourth-order valence-corrected chi connectivity index (χ4v) is 6.84. The summed E-state index contributed by atoms with van der Waals surface area (Å²) in [6.45, 7) is 6.86. The molecule has 1 heterocycles. The fourth-order valence-electron chi connectivity index (χ4n) is 6.84. The molecule has 228 valence electrons. The second-order valence-corrected chi connectivity index (χ2v) is 12.3. The molecular formula is C34H53N3O4. The molecule has 3 atom stereocenters. The molecule has 2 N–H and O–H groups in total. The van der Waals surface area contributed by atoms with Crippen molar-refractivity contribution in [3.63, 3.8) is 0 Å². The molecular weight excluding hydrogens is 514 g/mol. The summed E-state index contributed by atoms with van der Waals surface area (Å²) < 4.78 is 11.7. The van der Waals surface area contributed by atoms with E-state index in [1.165, 1.54) is 56.9 Å². The lowest BCUT2D eigenvalue weighted by atomic mass is 9.84. The number of piperidine rings is 1. The number of nitrogens with one attached hydrogen (secondary N) is 2. The summed E-state index contributed by atoms with van der Waals surface area (Å²) in [5.41, 5.74) is 1.63. The Bertz CT molecular complexity index is 1080. The number of hydrogen-bond donors (Lipinski definition) is 2. The smallest absolute Gasteiger partial charge is 0.253 e. The highest BCUT2D eigenvalue weighted by Crippen LogP contribution is 2.36. The van der Waals surface area contributed by atoms with Gasteiger partial charge in [-0.3, -0.25) is 9.59 Å². The number of methoxy groups -OCH3 is 1. The quantitative estimate of drug-likeness (QED) is 0.173. The van der Waals surface area contributed by atoms with Crippen molar-refractivity contribution in [2.45, 2.75) is 96.1 Å². The molecule has 1 saturated heterocycles. The molecule has 4 rings (SSSR count). The van der Waals surface area contributed by atoms with E-state index in [0.717, 1.165) is 45.3 Å². The van der Waals surface area contributed by atoms with Crippen molar-refractivity contribution < 1.29 is 9.47 Å². The van der Waals surface area contributed by atoms with Gasteiger partial charge in [-0.2, -0.15) is 0 Å². The third-order valence-corrected chi connectivity index (χ3v) is 9.04. The third-order valence-electron chi connectivity index (χ3n) is 9.04. The van der Waals surface area contributed by atoms with E-state index in [1.54, 1.807) is 7.11 Å². The maximum Gasteiger partial charge on any atom is 0.253 e. The van der Waals surface area contributed by atoms with Gasteiger partial charge in [0.25, 0.3) is 10.9 Å². The highest BCUT2D eigenvalue weighted by Gasteiger charge is 2.34. The third kappa shape index (κ3) is 9.13. The minimum absolute atomic E-state index is 0.0508. The molecule has 1 aliphatic heterocycles. The number of rotatable bonds is 18. The van der Waals surface area contributed by atoms with Crippen LogP contribution in [0.1, 0.15) is 95.6 Å².